The standard InChI is InChI=1S/C19H24N4O2/c1-22-17-16(18(24)21-22)14(8-15(20-17)11-6-7-11)19(25)23-9-12-4-2-3-5-13(12)10-23/h8,11-13H,2-7,9-10H2,1H3,(H,21,24). The van der Waals surface area contributed by atoms with Gasteiger partial charge in [0, 0.05) is 31.7 Å². The van der Waals surface area contributed by atoms with Crippen LogP contribution in [0.4, 0.5) is 0 Å². The summed E-state index contributed by atoms with van der Waals surface area (Å²) in [5, 5.41) is 3.22. The van der Waals surface area contributed by atoms with E-state index in [9.17, 15) is 9.59 Å². The van der Waals surface area contributed by atoms with Gasteiger partial charge < -0.3 is 4.90 Å². The van der Waals surface area contributed by atoms with Crippen LogP contribution in [0.25, 0.3) is 11.0 Å². The number of H-pyrrole nitrogens is 1. The van der Waals surface area contributed by atoms with Gasteiger partial charge in [-0.1, -0.05) is 12.8 Å². The Kier molecular flexibility index (Phi) is 3.30. The number of carbonyl (C=O) groups is 1. The summed E-state index contributed by atoms with van der Waals surface area (Å²) in [7, 11) is 1.78. The normalized spacial score (nSPS) is 26.2. The van der Waals surface area contributed by atoms with Crippen molar-refractivity contribution in [3.05, 3.63) is 27.7 Å². The fourth-order valence-corrected chi connectivity index (χ4v) is 4.78. The smallest absolute Gasteiger partial charge is 0.274 e. The molecule has 3 heterocycles. The van der Waals surface area contributed by atoms with Gasteiger partial charge in [-0.15, -0.1) is 0 Å². The Hall–Kier alpha value is -2.11. The number of aromatic nitrogens is 3. The van der Waals surface area contributed by atoms with Gasteiger partial charge in [-0.2, -0.15) is 0 Å². The molecular formula is C19H24N4O2. The molecule has 0 aromatic carbocycles. The maximum absolute atomic E-state index is 13.3. The number of aryl methyl sites for hydroxylation is 1. The van der Waals surface area contributed by atoms with Crippen molar-refractivity contribution in [3.8, 4) is 0 Å². The van der Waals surface area contributed by atoms with Crippen molar-refractivity contribution < 1.29 is 4.79 Å². The highest BCUT2D eigenvalue weighted by atomic mass is 16.2. The second-order valence-corrected chi connectivity index (χ2v) is 8.08. The van der Waals surface area contributed by atoms with Gasteiger partial charge in [0.2, 0.25) is 0 Å². The lowest BCUT2D eigenvalue weighted by Crippen LogP contribution is -2.30. The number of rotatable bonds is 2. The lowest BCUT2D eigenvalue weighted by Gasteiger charge is -2.22. The van der Waals surface area contributed by atoms with Crippen LogP contribution in [0.2, 0.25) is 0 Å². The van der Waals surface area contributed by atoms with Crippen LogP contribution in [-0.2, 0) is 7.05 Å². The van der Waals surface area contributed by atoms with Gasteiger partial charge in [-0.05, 0) is 43.6 Å². The molecule has 6 heteroatoms. The molecule has 1 saturated heterocycles. The topological polar surface area (TPSA) is 71.0 Å². The number of aromatic amines is 1. The Bertz CT molecular complexity index is 894. The molecule has 0 spiro atoms. The van der Waals surface area contributed by atoms with Crippen molar-refractivity contribution in [2.24, 2.45) is 18.9 Å². The first-order chi connectivity index (χ1) is 12.1. The lowest BCUT2D eigenvalue weighted by molar-refractivity contribution is 0.0785. The number of nitrogens with one attached hydrogen (secondary N) is 1. The molecule has 0 radical (unpaired) electrons. The van der Waals surface area contributed by atoms with Gasteiger partial charge in [0.25, 0.3) is 11.5 Å². The summed E-state index contributed by atoms with van der Waals surface area (Å²) in [4.78, 5) is 32.3. The Labute approximate surface area is 146 Å². The molecule has 2 atom stereocenters. The van der Waals surface area contributed by atoms with E-state index in [-0.39, 0.29) is 11.5 Å². The van der Waals surface area contributed by atoms with Crippen molar-refractivity contribution in [1.82, 2.24) is 19.7 Å². The van der Waals surface area contributed by atoms with Crippen LogP contribution in [0.15, 0.2) is 10.9 Å². The molecule has 1 N–H and O–H groups in total. The van der Waals surface area contributed by atoms with Gasteiger partial charge in [0.1, 0.15) is 0 Å². The molecule has 3 fully saturated rings. The van der Waals surface area contributed by atoms with Crippen molar-refractivity contribution in [3.63, 3.8) is 0 Å². The van der Waals surface area contributed by atoms with E-state index in [0.717, 1.165) is 31.6 Å². The van der Waals surface area contributed by atoms with Crippen LogP contribution in [0.1, 0.15) is 60.5 Å². The first-order valence-corrected chi connectivity index (χ1v) is 9.50. The zero-order valence-corrected chi connectivity index (χ0v) is 14.6. The van der Waals surface area contributed by atoms with Crippen molar-refractivity contribution >= 4 is 16.9 Å². The van der Waals surface area contributed by atoms with Crippen LogP contribution >= 0.6 is 0 Å². The molecule has 2 aromatic heterocycles. The fraction of sp³-hybridized carbons (Fsp3) is 0.632. The summed E-state index contributed by atoms with van der Waals surface area (Å²) in [6.45, 7) is 1.69. The van der Waals surface area contributed by atoms with E-state index in [1.54, 1.807) is 11.7 Å². The first-order valence-electron chi connectivity index (χ1n) is 9.50. The number of amides is 1. The minimum absolute atomic E-state index is 0.0143. The monoisotopic (exact) mass is 340 g/mol. The van der Waals surface area contributed by atoms with E-state index < -0.39 is 0 Å². The van der Waals surface area contributed by atoms with E-state index in [2.05, 4.69) is 10.1 Å². The van der Waals surface area contributed by atoms with E-state index in [1.807, 2.05) is 11.0 Å². The molecule has 1 amide bonds. The minimum Gasteiger partial charge on any atom is -0.338 e. The molecule has 2 saturated carbocycles. The average Bonchev–Trinajstić information content (AvgIpc) is 3.31. The molecule has 2 unspecified atom stereocenters. The maximum atomic E-state index is 13.3. The van der Waals surface area contributed by atoms with E-state index in [0.29, 0.717) is 34.4 Å². The Morgan fingerprint density at radius 2 is 1.84 bits per heavy atom. The highest BCUT2D eigenvalue weighted by molar-refractivity contribution is 6.05. The van der Waals surface area contributed by atoms with E-state index >= 15 is 0 Å². The number of hydrogen-bond acceptors (Lipinski definition) is 3. The lowest BCUT2D eigenvalue weighted by atomic mass is 9.82. The summed E-state index contributed by atoms with van der Waals surface area (Å²) in [6, 6.07) is 1.89. The van der Waals surface area contributed by atoms with Gasteiger partial charge in [-0.3, -0.25) is 19.4 Å². The Morgan fingerprint density at radius 1 is 1.16 bits per heavy atom. The number of likely N-dealkylation sites (tertiary alicyclic amines) is 1. The highest BCUT2D eigenvalue weighted by Crippen LogP contribution is 2.41. The molecule has 0 bridgehead atoms. The molecule has 3 aliphatic rings. The van der Waals surface area contributed by atoms with Gasteiger partial charge in [0.05, 0.1) is 10.9 Å². The predicted molar refractivity (Wildman–Crippen MR) is 94.7 cm³/mol. The summed E-state index contributed by atoms with van der Waals surface area (Å²) in [6.07, 6.45) is 7.29. The third-order valence-corrected chi connectivity index (χ3v) is 6.32. The molecule has 2 aromatic rings. The SMILES string of the molecule is Cn1[nH]c(=O)c2c(C(=O)N3CC4CCCCC4C3)cc(C3CC3)nc21. The quantitative estimate of drug-likeness (QED) is 0.912. The van der Waals surface area contributed by atoms with Crippen LogP contribution < -0.4 is 5.56 Å². The summed E-state index contributed by atoms with van der Waals surface area (Å²) in [5.74, 6) is 1.75. The Morgan fingerprint density at radius 3 is 2.48 bits per heavy atom. The fourth-order valence-electron chi connectivity index (χ4n) is 4.78. The zero-order chi connectivity index (χ0) is 17.1. The second-order valence-electron chi connectivity index (χ2n) is 8.08. The van der Waals surface area contributed by atoms with Crippen molar-refractivity contribution in [1.29, 1.82) is 0 Å². The van der Waals surface area contributed by atoms with Crippen LogP contribution in [0.3, 0.4) is 0 Å². The highest BCUT2D eigenvalue weighted by Gasteiger charge is 2.38. The molecule has 5 rings (SSSR count). The zero-order valence-electron chi connectivity index (χ0n) is 14.6. The maximum Gasteiger partial charge on any atom is 0.274 e. The molecule has 25 heavy (non-hydrogen) atoms. The average molecular weight is 340 g/mol. The first kappa shape index (κ1) is 15.2. The largest absolute Gasteiger partial charge is 0.338 e. The van der Waals surface area contributed by atoms with Crippen LogP contribution in [0, 0.1) is 11.8 Å². The van der Waals surface area contributed by atoms with E-state index in [1.165, 1.54) is 25.7 Å². The summed E-state index contributed by atoms with van der Waals surface area (Å²) < 4.78 is 1.64. The third kappa shape index (κ3) is 2.41. The van der Waals surface area contributed by atoms with Crippen molar-refractivity contribution in [2.45, 2.75) is 44.4 Å². The third-order valence-electron chi connectivity index (χ3n) is 6.32. The second kappa shape index (κ2) is 5.44. The number of nitrogens with zero attached hydrogens (tertiary/aromatic N) is 3. The number of fused-ring (bicyclic) bond motifs is 2. The molecular weight excluding hydrogens is 316 g/mol. The van der Waals surface area contributed by atoms with Gasteiger partial charge in [0.15, 0.2) is 5.65 Å². The van der Waals surface area contributed by atoms with E-state index in [4.69, 9.17) is 0 Å². The number of carbonyl (C=O) groups excluding carboxylic acids is 1. The molecule has 2 aliphatic carbocycles. The summed E-state index contributed by atoms with van der Waals surface area (Å²) >= 11 is 0. The van der Waals surface area contributed by atoms with Gasteiger partial charge >= 0.3 is 0 Å². The summed E-state index contributed by atoms with van der Waals surface area (Å²) in [5.41, 5.74) is 1.90. The molecule has 6 nitrogen and oxygen atoms in total. The minimum atomic E-state index is -0.215. The van der Waals surface area contributed by atoms with Gasteiger partial charge in [-0.25, -0.2) is 4.98 Å². The Balaban J connectivity index is 1.57. The number of pyridine rings is 1. The molecule has 1 aliphatic heterocycles. The molecule has 132 valence electrons. The number of hydrogen-bond donors (Lipinski definition) is 1. The predicted octanol–water partition coefficient (Wildman–Crippen LogP) is 2.40. The van der Waals surface area contributed by atoms with Crippen molar-refractivity contribution in [2.75, 3.05) is 13.1 Å². The van der Waals surface area contributed by atoms with Crippen LogP contribution in [0.5, 0.6) is 0 Å². The van der Waals surface area contributed by atoms with Crippen LogP contribution in [-0.4, -0.2) is 38.7 Å².